The van der Waals surface area contributed by atoms with E-state index in [1.54, 1.807) is 0 Å². The average Bonchev–Trinajstić information content (AvgIpc) is 3.01. The first kappa shape index (κ1) is 9.66. The molecule has 0 aliphatic heterocycles. The summed E-state index contributed by atoms with van der Waals surface area (Å²) in [6, 6.07) is 5.16. The van der Waals surface area contributed by atoms with E-state index < -0.39 is 0 Å². The van der Waals surface area contributed by atoms with Gasteiger partial charge in [0.15, 0.2) is 0 Å². The molecule has 0 saturated heterocycles. The van der Waals surface area contributed by atoms with Crippen LogP contribution in [-0.2, 0) is 0 Å². The molecule has 1 atom stereocenters. The van der Waals surface area contributed by atoms with Crippen LogP contribution in [0.3, 0.4) is 0 Å². The van der Waals surface area contributed by atoms with E-state index in [1.165, 1.54) is 24.5 Å². The Labute approximate surface area is 83.6 Å². The van der Waals surface area contributed by atoms with Gasteiger partial charge in [-0.15, -0.1) is 0 Å². The third-order valence-corrected chi connectivity index (χ3v) is 2.73. The molecule has 0 aromatic heterocycles. The zero-order valence-electron chi connectivity index (χ0n) is 8.04. The lowest BCUT2D eigenvalue weighted by Gasteiger charge is -2.11. The molecular formula is C12H14FO. The van der Waals surface area contributed by atoms with Crippen LogP contribution in [0.5, 0.6) is 0 Å². The number of halogens is 1. The molecular weight excluding hydrogens is 179 g/mol. The lowest BCUT2D eigenvalue weighted by molar-refractivity contribution is 0.280. The van der Waals surface area contributed by atoms with Crippen molar-refractivity contribution in [2.75, 3.05) is 6.61 Å². The highest BCUT2D eigenvalue weighted by atomic mass is 19.1. The van der Waals surface area contributed by atoms with E-state index in [-0.39, 0.29) is 18.3 Å². The van der Waals surface area contributed by atoms with Crippen molar-refractivity contribution in [3.8, 4) is 0 Å². The van der Waals surface area contributed by atoms with Crippen molar-refractivity contribution >= 4 is 0 Å². The topological polar surface area (TPSA) is 20.2 Å². The number of benzene rings is 1. The summed E-state index contributed by atoms with van der Waals surface area (Å²) in [6.45, 7) is 3.61. The van der Waals surface area contributed by atoms with Gasteiger partial charge in [-0.25, -0.2) is 4.39 Å². The minimum atomic E-state index is -0.353. The van der Waals surface area contributed by atoms with Crippen molar-refractivity contribution in [3.63, 3.8) is 0 Å². The molecule has 0 amide bonds. The Kier molecular flexibility index (Phi) is 2.55. The first-order chi connectivity index (χ1) is 6.72. The molecule has 1 radical (unpaired) electrons. The Balaban J connectivity index is 2.31. The van der Waals surface area contributed by atoms with Crippen molar-refractivity contribution in [1.82, 2.24) is 0 Å². The van der Waals surface area contributed by atoms with Gasteiger partial charge >= 0.3 is 0 Å². The fourth-order valence-electron chi connectivity index (χ4n) is 1.64. The van der Waals surface area contributed by atoms with E-state index in [0.717, 1.165) is 0 Å². The van der Waals surface area contributed by atoms with Gasteiger partial charge in [-0.2, -0.15) is 0 Å². The van der Waals surface area contributed by atoms with Crippen LogP contribution < -0.4 is 0 Å². The third-order valence-electron chi connectivity index (χ3n) is 2.73. The molecule has 1 aromatic rings. The molecule has 1 saturated carbocycles. The summed E-state index contributed by atoms with van der Waals surface area (Å²) in [4.78, 5) is 0. The van der Waals surface area contributed by atoms with Crippen LogP contribution in [0.2, 0.25) is 0 Å². The highest BCUT2D eigenvalue weighted by Crippen LogP contribution is 2.41. The van der Waals surface area contributed by atoms with E-state index in [0.29, 0.717) is 11.5 Å². The number of hydrogen-bond acceptors (Lipinski definition) is 1. The zero-order chi connectivity index (χ0) is 10.1. The van der Waals surface area contributed by atoms with Gasteiger partial charge in [0.05, 0.1) is 6.61 Å². The maximum absolute atomic E-state index is 13.3. The fourth-order valence-corrected chi connectivity index (χ4v) is 1.64. The summed E-state index contributed by atoms with van der Waals surface area (Å²) in [7, 11) is 0. The van der Waals surface area contributed by atoms with E-state index in [9.17, 15) is 4.39 Å². The Hall–Kier alpha value is -0.890. The second kappa shape index (κ2) is 3.70. The van der Waals surface area contributed by atoms with Crippen LogP contribution >= 0.6 is 0 Å². The molecule has 14 heavy (non-hydrogen) atoms. The summed E-state index contributed by atoms with van der Waals surface area (Å²) in [5.41, 5.74) is 1.72. The largest absolute Gasteiger partial charge is 0.396 e. The Bertz CT molecular complexity index is 331. The number of aliphatic hydroxyl groups excluding tert-OH is 1. The zero-order valence-corrected chi connectivity index (χ0v) is 8.04. The molecule has 0 spiro atoms. The fraction of sp³-hybridized carbons (Fsp3) is 0.417. The molecule has 2 rings (SSSR count). The molecule has 2 heteroatoms. The van der Waals surface area contributed by atoms with Gasteiger partial charge in [-0.05, 0) is 42.9 Å². The number of hydrogen-bond donors (Lipinski definition) is 1. The summed E-state index contributed by atoms with van der Waals surface area (Å²) < 4.78 is 13.3. The molecule has 1 N–H and O–H groups in total. The highest BCUT2D eigenvalue weighted by Gasteiger charge is 2.24. The Morgan fingerprint density at radius 2 is 2.21 bits per heavy atom. The predicted molar refractivity (Wildman–Crippen MR) is 53.6 cm³/mol. The molecule has 1 nitrogen and oxygen atoms in total. The normalized spacial score (nSPS) is 18.2. The smallest absolute Gasteiger partial charge is 0.126 e. The molecule has 1 fully saturated rings. The molecule has 75 valence electrons. The van der Waals surface area contributed by atoms with Crippen molar-refractivity contribution in [3.05, 3.63) is 42.1 Å². The molecule has 1 unspecified atom stereocenters. The summed E-state index contributed by atoms with van der Waals surface area (Å²) in [5.74, 6) is -0.00241. The third kappa shape index (κ3) is 1.80. The lowest BCUT2D eigenvalue weighted by Crippen LogP contribution is -2.03. The molecule has 1 aliphatic rings. The van der Waals surface area contributed by atoms with Gasteiger partial charge in [-0.1, -0.05) is 12.1 Å². The van der Waals surface area contributed by atoms with Gasteiger partial charge in [-0.3, -0.25) is 0 Å². The van der Waals surface area contributed by atoms with Gasteiger partial charge < -0.3 is 5.11 Å². The number of rotatable bonds is 3. The lowest BCUT2D eigenvalue weighted by atomic mass is 9.97. The van der Waals surface area contributed by atoms with Crippen LogP contribution in [0.15, 0.2) is 18.2 Å². The van der Waals surface area contributed by atoms with Gasteiger partial charge in [0.2, 0.25) is 0 Å². The van der Waals surface area contributed by atoms with E-state index in [2.05, 4.69) is 6.92 Å². The number of aliphatic hydroxyl groups is 1. The summed E-state index contributed by atoms with van der Waals surface area (Å²) in [6.07, 6.45) is 2.40. The maximum atomic E-state index is 13.3. The minimum Gasteiger partial charge on any atom is -0.396 e. The van der Waals surface area contributed by atoms with E-state index >= 15 is 0 Å². The van der Waals surface area contributed by atoms with Gasteiger partial charge in [0.25, 0.3) is 0 Å². The van der Waals surface area contributed by atoms with Crippen molar-refractivity contribution in [2.45, 2.75) is 24.7 Å². The van der Waals surface area contributed by atoms with E-state index in [4.69, 9.17) is 5.11 Å². The molecule has 1 aromatic carbocycles. The first-order valence-electron chi connectivity index (χ1n) is 4.95. The standard InChI is InChI=1S/C12H14FO/c1-8(7-14)11-6-10(9-2-3-9)4-5-12(11)13/h4-6,8-9,14H,1-3,7H2. The SMILES string of the molecule is [CH2]C(CO)c1cc(C2CC2)ccc1F. The molecule has 0 heterocycles. The molecule has 0 bridgehead atoms. The van der Waals surface area contributed by atoms with Crippen LogP contribution in [0.4, 0.5) is 4.39 Å². The second-order valence-electron chi connectivity index (χ2n) is 3.93. The summed E-state index contributed by atoms with van der Waals surface area (Å²) in [5, 5.41) is 8.93. The molecule has 1 aliphatic carbocycles. The van der Waals surface area contributed by atoms with Crippen molar-refractivity contribution in [2.24, 2.45) is 0 Å². The minimum absolute atomic E-state index is 0.106. The van der Waals surface area contributed by atoms with Gasteiger partial charge in [0.1, 0.15) is 5.82 Å². The Morgan fingerprint density at radius 1 is 1.50 bits per heavy atom. The van der Waals surface area contributed by atoms with Crippen molar-refractivity contribution in [1.29, 1.82) is 0 Å². The second-order valence-corrected chi connectivity index (χ2v) is 3.93. The maximum Gasteiger partial charge on any atom is 0.126 e. The van der Waals surface area contributed by atoms with Crippen LogP contribution in [0, 0.1) is 12.7 Å². The summed E-state index contributed by atoms with van der Waals surface area (Å²) >= 11 is 0. The van der Waals surface area contributed by atoms with Gasteiger partial charge in [0, 0.05) is 5.92 Å². The first-order valence-corrected chi connectivity index (χ1v) is 4.95. The average molecular weight is 193 g/mol. The van der Waals surface area contributed by atoms with Crippen LogP contribution in [0.1, 0.15) is 35.8 Å². The Morgan fingerprint density at radius 3 is 2.79 bits per heavy atom. The highest BCUT2D eigenvalue weighted by molar-refractivity contribution is 5.32. The predicted octanol–water partition coefficient (Wildman–Crippen LogP) is 2.61. The van der Waals surface area contributed by atoms with Crippen LogP contribution in [0.25, 0.3) is 0 Å². The van der Waals surface area contributed by atoms with E-state index in [1.807, 2.05) is 12.1 Å². The van der Waals surface area contributed by atoms with Crippen molar-refractivity contribution < 1.29 is 9.50 Å². The van der Waals surface area contributed by atoms with Crippen LogP contribution in [-0.4, -0.2) is 11.7 Å². The monoisotopic (exact) mass is 193 g/mol. The quantitative estimate of drug-likeness (QED) is 0.782.